The average Bonchev–Trinajstić information content (AvgIpc) is 2.96. The van der Waals surface area contributed by atoms with E-state index in [9.17, 15) is 19.2 Å². The van der Waals surface area contributed by atoms with Gasteiger partial charge in [-0.3, -0.25) is 24.1 Å². The van der Waals surface area contributed by atoms with Crippen molar-refractivity contribution in [3.05, 3.63) is 34.9 Å². The van der Waals surface area contributed by atoms with Crippen molar-refractivity contribution in [1.29, 1.82) is 0 Å². The number of likely N-dealkylation sites (tertiary alicyclic amines) is 1. The molecule has 1 saturated heterocycles. The average molecular weight is 401 g/mol. The molecule has 2 aliphatic heterocycles. The van der Waals surface area contributed by atoms with Gasteiger partial charge in [0, 0.05) is 44.3 Å². The number of nitrogens with one attached hydrogen (secondary N) is 1. The lowest BCUT2D eigenvalue weighted by molar-refractivity contribution is -0.122. The first-order valence-electron chi connectivity index (χ1n) is 9.93. The SMILES string of the molecule is COCCC(=O)NC1CCN(C(=O)c2ccc3c(c2)C(=O)N(C(C)C)C3=O)CC1. The lowest BCUT2D eigenvalue weighted by Crippen LogP contribution is -2.46. The number of ether oxygens (including phenoxy) is 1. The molecule has 0 aromatic heterocycles. The van der Waals surface area contributed by atoms with Gasteiger partial charge in [-0.2, -0.15) is 0 Å². The Bertz CT molecular complexity index is 828. The fourth-order valence-corrected chi connectivity index (χ4v) is 3.77. The van der Waals surface area contributed by atoms with Crippen LogP contribution in [0.5, 0.6) is 0 Å². The van der Waals surface area contributed by atoms with Gasteiger partial charge in [-0.15, -0.1) is 0 Å². The van der Waals surface area contributed by atoms with Crippen LogP contribution in [-0.2, 0) is 9.53 Å². The minimum absolute atomic E-state index is 0.0437. The van der Waals surface area contributed by atoms with Crippen molar-refractivity contribution >= 4 is 23.6 Å². The van der Waals surface area contributed by atoms with Crippen LogP contribution in [0.4, 0.5) is 0 Å². The summed E-state index contributed by atoms with van der Waals surface area (Å²) in [6.07, 6.45) is 1.67. The zero-order valence-electron chi connectivity index (χ0n) is 17.1. The molecule has 0 saturated carbocycles. The number of piperidine rings is 1. The summed E-state index contributed by atoms with van der Waals surface area (Å²) in [4.78, 5) is 52.6. The lowest BCUT2D eigenvalue weighted by Gasteiger charge is -2.32. The number of amides is 4. The van der Waals surface area contributed by atoms with Gasteiger partial charge in [0.15, 0.2) is 0 Å². The summed E-state index contributed by atoms with van der Waals surface area (Å²) in [5, 5.41) is 2.97. The molecule has 0 bridgehead atoms. The van der Waals surface area contributed by atoms with Crippen molar-refractivity contribution in [2.24, 2.45) is 0 Å². The Kier molecular flexibility index (Phi) is 6.32. The molecular formula is C21H27N3O5. The Hall–Kier alpha value is -2.74. The summed E-state index contributed by atoms with van der Waals surface area (Å²) in [5.74, 6) is -0.885. The van der Waals surface area contributed by atoms with Crippen molar-refractivity contribution in [2.75, 3.05) is 26.8 Å². The highest BCUT2D eigenvalue weighted by Gasteiger charge is 2.37. The third kappa shape index (κ3) is 4.32. The van der Waals surface area contributed by atoms with Crippen molar-refractivity contribution in [2.45, 2.75) is 45.2 Å². The molecule has 4 amide bonds. The van der Waals surface area contributed by atoms with Crippen LogP contribution in [0.25, 0.3) is 0 Å². The predicted octanol–water partition coefficient (Wildman–Crippen LogP) is 1.45. The first-order valence-corrected chi connectivity index (χ1v) is 9.93. The van der Waals surface area contributed by atoms with E-state index in [0.717, 1.165) is 0 Å². The smallest absolute Gasteiger partial charge is 0.261 e. The third-order valence-electron chi connectivity index (χ3n) is 5.36. The number of carbonyl (C=O) groups is 4. The molecule has 156 valence electrons. The standard InChI is InChI=1S/C21H27N3O5/c1-13(2)24-20(27)16-5-4-14(12-17(16)21(24)28)19(26)23-9-6-15(7-10-23)22-18(25)8-11-29-3/h4-5,12-13,15H,6-11H2,1-3H3,(H,22,25). The van der Waals surface area contributed by atoms with Crippen LogP contribution in [0.1, 0.15) is 64.2 Å². The number of hydrogen-bond acceptors (Lipinski definition) is 5. The molecule has 0 unspecified atom stereocenters. The zero-order valence-corrected chi connectivity index (χ0v) is 17.1. The second kappa shape index (κ2) is 8.73. The van der Waals surface area contributed by atoms with Gasteiger partial charge in [-0.1, -0.05) is 0 Å². The summed E-state index contributed by atoms with van der Waals surface area (Å²) in [6.45, 7) is 5.00. The highest BCUT2D eigenvalue weighted by Crippen LogP contribution is 2.26. The van der Waals surface area contributed by atoms with Gasteiger partial charge in [-0.25, -0.2) is 0 Å². The highest BCUT2D eigenvalue weighted by molar-refractivity contribution is 6.22. The fourth-order valence-electron chi connectivity index (χ4n) is 3.77. The maximum atomic E-state index is 12.9. The molecule has 29 heavy (non-hydrogen) atoms. The molecule has 8 nitrogen and oxygen atoms in total. The van der Waals surface area contributed by atoms with Crippen LogP contribution in [0.2, 0.25) is 0 Å². The topological polar surface area (TPSA) is 96.0 Å². The molecule has 0 aliphatic carbocycles. The van der Waals surface area contributed by atoms with E-state index < -0.39 is 0 Å². The second-order valence-electron chi connectivity index (χ2n) is 7.71. The maximum absolute atomic E-state index is 12.9. The second-order valence-corrected chi connectivity index (χ2v) is 7.71. The molecule has 1 fully saturated rings. The Morgan fingerprint density at radius 3 is 2.41 bits per heavy atom. The van der Waals surface area contributed by atoms with Crippen LogP contribution in [0.15, 0.2) is 18.2 Å². The summed E-state index contributed by atoms with van der Waals surface area (Å²) in [7, 11) is 1.56. The monoisotopic (exact) mass is 401 g/mol. The lowest BCUT2D eigenvalue weighted by atomic mass is 10.0. The molecular weight excluding hydrogens is 374 g/mol. The number of hydrogen-bond donors (Lipinski definition) is 1. The third-order valence-corrected chi connectivity index (χ3v) is 5.36. The van der Waals surface area contributed by atoms with Crippen LogP contribution in [0.3, 0.4) is 0 Å². The minimum atomic E-state index is -0.355. The van der Waals surface area contributed by atoms with Gasteiger partial charge in [-0.05, 0) is 44.9 Å². The van der Waals surface area contributed by atoms with E-state index in [1.165, 1.54) is 11.0 Å². The van der Waals surface area contributed by atoms with Crippen LogP contribution < -0.4 is 5.32 Å². The molecule has 0 atom stereocenters. The predicted molar refractivity (Wildman–Crippen MR) is 106 cm³/mol. The van der Waals surface area contributed by atoms with E-state index in [0.29, 0.717) is 50.1 Å². The van der Waals surface area contributed by atoms with Crippen molar-refractivity contribution in [3.63, 3.8) is 0 Å². The Morgan fingerprint density at radius 1 is 1.14 bits per heavy atom. The van der Waals surface area contributed by atoms with Gasteiger partial charge in [0.1, 0.15) is 0 Å². The van der Waals surface area contributed by atoms with Crippen molar-refractivity contribution in [1.82, 2.24) is 15.1 Å². The summed E-state index contributed by atoms with van der Waals surface area (Å²) >= 11 is 0. The van der Waals surface area contributed by atoms with Crippen molar-refractivity contribution < 1.29 is 23.9 Å². The van der Waals surface area contributed by atoms with Gasteiger partial charge in [0.05, 0.1) is 17.7 Å². The molecule has 2 heterocycles. The van der Waals surface area contributed by atoms with Gasteiger partial charge in [0.2, 0.25) is 5.91 Å². The van der Waals surface area contributed by atoms with E-state index >= 15 is 0 Å². The molecule has 1 aromatic carbocycles. The Balaban J connectivity index is 1.62. The van der Waals surface area contributed by atoms with E-state index in [2.05, 4.69) is 5.32 Å². The first kappa shape index (κ1) is 21.0. The van der Waals surface area contributed by atoms with E-state index in [-0.39, 0.29) is 41.3 Å². The largest absolute Gasteiger partial charge is 0.384 e. The fraction of sp³-hybridized carbons (Fsp3) is 0.524. The number of methoxy groups -OCH3 is 1. The quantitative estimate of drug-likeness (QED) is 0.728. The highest BCUT2D eigenvalue weighted by atomic mass is 16.5. The van der Waals surface area contributed by atoms with Gasteiger partial charge in [0.25, 0.3) is 17.7 Å². The molecule has 0 spiro atoms. The Labute approximate surface area is 170 Å². The van der Waals surface area contributed by atoms with Gasteiger partial charge < -0.3 is 15.0 Å². The number of rotatable bonds is 6. The summed E-state index contributed by atoms with van der Waals surface area (Å²) in [6, 6.07) is 4.50. The first-order chi connectivity index (χ1) is 13.8. The Morgan fingerprint density at radius 2 is 1.79 bits per heavy atom. The van der Waals surface area contributed by atoms with E-state index in [1.807, 2.05) is 0 Å². The number of benzene rings is 1. The number of imide groups is 1. The molecule has 3 rings (SSSR count). The zero-order chi connectivity index (χ0) is 21.1. The van der Waals surface area contributed by atoms with E-state index in [1.54, 1.807) is 38.0 Å². The van der Waals surface area contributed by atoms with Crippen LogP contribution >= 0.6 is 0 Å². The van der Waals surface area contributed by atoms with Crippen molar-refractivity contribution in [3.8, 4) is 0 Å². The molecule has 1 N–H and O–H groups in total. The van der Waals surface area contributed by atoms with Crippen LogP contribution in [-0.4, -0.2) is 72.3 Å². The molecule has 0 radical (unpaired) electrons. The maximum Gasteiger partial charge on any atom is 0.261 e. The molecule has 2 aliphatic rings. The minimum Gasteiger partial charge on any atom is -0.384 e. The number of fused-ring (bicyclic) bond motifs is 1. The number of carbonyl (C=O) groups excluding carboxylic acids is 4. The van der Waals surface area contributed by atoms with E-state index in [4.69, 9.17) is 4.74 Å². The van der Waals surface area contributed by atoms with Gasteiger partial charge >= 0.3 is 0 Å². The summed E-state index contributed by atoms with van der Waals surface area (Å²) in [5.41, 5.74) is 1.03. The normalized spacial score (nSPS) is 17.1. The molecule has 1 aromatic rings. The number of nitrogens with zero attached hydrogens (tertiary/aromatic N) is 2. The van der Waals surface area contributed by atoms with Crippen LogP contribution in [0, 0.1) is 0 Å². The summed E-state index contributed by atoms with van der Waals surface area (Å²) < 4.78 is 4.90. The molecule has 8 heteroatoms.